The number of imidazole rings is 1. The molecule has 0 atom stereocenters. The predicted octanol–water partition coefficient (Wildman–Crippen LogP) is 4.67. The molecular formula is C17H12F2N4S. The first-order valence-electron chi connectivity index (χ1n) is 7.31. The van der Waals surface area contributed by atoms with Crippen LogP contribution in [0.15, 0.2) is 59.8 Å². The fourth-order valence-electron chi connectivity index (χ4n) is 2.66. The van der Waals surface area contributed by atoms with Gasteiger partial charge in [-0.05, 0) is 12.1 Å². The quantitative estimate of drug-likeness (QED) is 0.506. The van der Waals surface area contributed by atoms with Crippen LogP contribution >= 0.6 is 11.8 Å². The summed E-state index contributed by atoms with van der Waals surface area (Å²) in [6.45, 7) is -2.63. The number of halogens is 2. The Hall–Kier alpha value is -2.54. The molecule has 4 rings (SSSR count). The van der Waals surface area contributed by atoms with E-state index in [1.807, 2.05) is 24.3 Å². The molecule has 0 aliphatic rings. The van der Waals surface area contributed by atoms with Gasteiger partial charge in [-0.1, -0.05) is 48.2 Å². The number of aromatic nitrogens is 4. The van der Waals surface area contributed by atoms with Crippen LogP contribution in [0.2, 0.25) is 0 Å². The van der Waals surface area contributed by atoms with Crippen LogP contribution in [0.25, 0.3) is 21.8 Å². The summed E-state index contributed by atoms with van der Waals surface area (Å²) in [7, 11) is 0. The zero-order valence-corrected chi connectivity index (χ0v) is 13.3. The van der Waals surface area contributed by atoms with E-state index < -0.39 is 6.55 Å². The van der Waals surface area contributed by atoms with Gasteiger partial charge in [0.25, 0.3) is 0 Å². The van der Waals surface area contributed by atoms with Gasteiger partial charge in [0.2, 0.25) is 0 Å². The first-order chi connectivity index (χ1) is 11.7. The number of thioether (sulfide) groups is 1. The number of benzene rings is 2. The van der Waals surface area contributed by atoms with Gasteiger partial charge >= 0.3 is 6.55 Å². The number of alkyl halides is 2. The molecule has 2 aromatic carbocycles. The standard InChI is InChI=1S/C17H12F2N4S/c18-17(19)23-14-8-4-3-7-13(14)21-15(23)10-24-16-12-6-2-1-5-11(12)9-20-22-16/h1-9,17H,10H2. The molecular weight excluding hydrogens is 330 g/mol. The lowest BCUT2D eigenvalue weighted by atomic mass is 10.2. The SMILES string of the molecule is FC(F)n1c(CSc2nncc3ccccc23)nc2ccccc21. The molecule has 4 nitrogen and oxygen atoms in total. The van der Waals surface area contributed by atoms with Gasteiger partial charge in [0, 0.05) is 10.8 Å². The topological polar surface area (TPSA) is 43.6 Å². The van der Waals surface area contributed by atoms with Gasteiger partial charge in [0.15, 0.2) is 0 Å². The minimum Gasteiger partial charge on any atom is -0.269 e. The molecule has 0 aliphatic heterocycles. The van der Waals surface area contributed by atoms with Gasteiger partial charge in [0.1, 0.15) is 10.9 Å². The molecule has 0 amide bonds. The van der Waals surface area contributed by atoms with E-state index in [1.165, 1.54) is 11.8 Å². The lowest BCUT2D eigenvalue weighted by Gasteiger charge is -2.08. The lowest BCUT2D eigenvalue weighted by molar-refractivity contribution is 0.0722. The smallest absolute Gasteiger partial charge is 0.269 e. The molecule has 0 fully saturated rings. The van der Waals surface area contributed by atoms with Crippen molar-refractivity contribution in [2.24, 2.45) is 0 Å². The van der Waals surface area contributed by atoms with E-state index in [1.54, 1.807) is 30.5 Å². The van der Waals surface area contributed by atoms with Crippen molar-refractivity contribution in [3.05, 3.63) is 60.6 Å². The predicted molar refractivity (Wildman–Crippen MR) is 90.1 cm³/mol. The largest absolute Gasteiger partial charge is 0.320 e. The molecule has 0 spiro atoms. The van der Waals surface area contributed by atoms with E-state index in [0.717, 1.165) is 15.3 Å². The van der Waals surface area contributed by atoms with Crippen molar-refractivity contribution in [2.75, 3.05) is 0 Å². The van der Waals surface area contributed by atoms with Crippen LogP contribution in [0.5, 0.6) is 0 Å². The lowest BCUT2D eigenvalue weighted by Crippen LogP contribution is -2.03. The normalized spacial score (nSPS) is 11.6. The Morgan fingerprint density at radius 3 is 2.71 bits per heavy atom. The molecule has 0 radical (unpaired) electrons. The van der Waals surface area contributed by atoms with Crippen molar-refractivity contribution in [3.8, 4) is 0 Å². The van der Waals surface area contributed by atoms with Crippen LogP contribution in [0.1, 0.15) is 12.4 Å². The molecule has 24 heavy (non-hydrogen) atoms. The zero-order valence-electron chi connectivity index (χ0n) is 12.4. The maximum Gasteiger partial charge on any atom is 0.320 e. The maximum absolute atomic E-state index is 13.5. The Morgan fingerprint density at radius 2 is 1.83 bits per heavy atom. The molecule has 0 saturated carbocycles. The Morgan fingerprint density at radius 1 is 1.04 bits per heavy atom. The highest BCUT2D eigenvalue weighted by atomic mass is 32.2. The Labute approximate surface area is 140 Å². The number of para-hydroxylation sites is 2. The van der Waals surface area contributed by atoms with Crippen molar-refractivity contribution in [3.63, 3.8) is 0 Å². The minimum absolute atomic E-state index is 0.293. The third-order valence-corrected chi connectivity index (χ3v) is 4.72. The third kappa shape index (κ3) is 2.60. The highest BCUT2D eigenvalue weighted by molar-refractivity contribution is 7.98. The number of hydrogen-bond donors (Lipinski definition) is 0. The Kier molecular flexibility index (Phi) is 3.86. The molecule has 0 aliphatic carbocycles. The van der Waals surface area contributed by atoms with Crippen LogP contribution in [0.3, 0.4) is 0 Å². The van der Waals surface area contributed by atoms with Crippen molar-refractivity contribution in [1.29, 1.82) is 0 Å². The third-order valence-electron chi connectivity index (χ3n) is 3.74. The number of fused-ring (bicyclic) bond motifs is 2. The van der Waals surface area contributed by atoms with Crippen LogP contribution in [-0.2, 0) is 5.75 Å². The molecule has 2 aromatic heterocycles. The average Bonchev–Trinajstić information content (AvgIpc) is 2.98. The number of hydrogen-bond acceptors (Lipinski definition) is 4. The summed E-state index contributed by atoms with van der Waals surface area (Å²) in [5, 5.41) is 10.8. The van der Waals surface area contributed by atoms with Gasteiger partial charge in [0.05, 0.1) is 23.0 Å². The van der Waals surface area contributed by atoms with Gasteiger partial charge in [-0.2, -0.15) is 13.9 Å². The molecule has 4 aromatic rings. The molecule has 0 bridgehead atoms. The van der Waals surface area contributed by atoms with E-state index in [9.17, 15) is 8.78 Å². The second-order valence-electron chi connectivity index (χ2n) is 5.19. The van der Waals surface area contributed by atoms with Crippen LogP contribution < -0.4 is 0 Å². The molecule has 0 saturated heterocycles. The first kappa shape index (κ1) is 15.0. The fraction of sp³-hybridized carbons (Fsp3) is 0.118. The summed E-state index contributed by atoms with van der Waals surface area (Å²) in [4.78, 5) is 4.34. The van der Waals surface area contributed by atoms with Crippen LogP contribution in [-0.4, -0.2) is 19.7 Å². The minimum atomic E-state index is -2.63. The molecule has 0 N–H and O–H groups in total. The van der Waals surface area contributed by atoms with Crippen LogP contribution in [0, 0.1) is 0 Å². The van der Waals surface area contributed by atoms with E-state index in [0.29, 0.717) is 27.6 Å². The van der Waals surface area contributed by atoms with Crippen molar-refractivity contribution < 1.29 is 8.78 Å². The monoisotopic (exact) mass is 342 g/mol. The summed E-state index contributed by atoms with van der Waals surface area (Å²) in [5.74, 6) is 0.618. The second kappa shape index (κ2) is 6.16. The number of rotatable bonds is 4. The van der Waals surface area contributed by atoms with Crippen molar-refractivity contribution in [2.45, 2.75) is 17.3 Å². The molecule has 0 unspecified atom stereocenters. The summed E-state index contributed by atoms with van der Waals surface area (Å²) in [5.41, 5.74) is 1.00. The van der Waals surface area contributed by atoms with E-state index >= 15 is 0 Å². The van der Waals surface area contributed by atoms with Crippen molar-refractivity contribution >= 4 is 33.6 Å². The molecule has 7 heteroatoms. The van der Waals surface area contributed by atoms with Gasteiger partial charge in [-0.25, -0.2) is 4.98 Å². The average molecular weight is 342 g/mol. The zero-order chi connectivity index (χ0) is 16.5. The first-order valence-corrected chi connectivity index (χ1v) is 8.30. The maximum atomic E-state index is 13.5. The van der Waals surface area contributed by atoms with Gasteiger partial charge in [-0.3, -0.25) is 4.57 Å². The second-order valence-corrected chi connectivity index (χ2v) is 6.15. The van der Waals surface area contributed by atoms with Crippen LogP contribution in [0.4, 0.5) is 8.78 Å². The Bertz CT molecular complexity index is 1010. The van der Waals surface area contributed by atoms with E-state index in [4.69, 9.17) is 0 Å². The number of nitrogens with zero attached hydrogens (tertiary/aromatic N) is 4. The summed E-state index contributed by atoms with van der Waals surface area (Å²) >= 11 is 1.36. The summed E-state index contributed by atoms with van der Waals surface area (Å²) in [6.07, 6.45) is 1.69. The summed E-state index contributed by atoms with van der Waals surface area (Å²) < 4.78 is 27.9. The fourth-order valence-corrected chi connectivity index (χ4v) is 3.57. The highest BCUT2D eigenvalue weighted by Gasteiger charge is 2.18. The van der Waals surface area contributed by atoms with E-state index in [-0.39, 0.29) is 0 Å². The van der Waals surface area contributed by atoms with Gasteiger partial charge < -0.3 is 0 Å². The van der Waals surface area contributed by atoms with Gasteiger partial charge in [-0.15, -0.1) is 5.10 Å². The van der Waals surface area contributed by atoms with Crippen molar-refractivity contribution in [1.82, 2.24) is 19.7 Å². The Balaban J connectivity index is 1.71. The summed E-state index contributed by atoms with van der Waals surface area (Å²) in [6, 6.07) is 14.6. The molecule has 2 heterocycles. The highest BCUT2D eigenvalue weighted by Crippen LogP contribution is 2.30. The van der Waals surface area contributed by atoms with E-state index in [2.05, 4.69) is 15.2 Å². The molecule has 120 valence electrons.